The van der Waals surface area contributed by atoms with Gasteiger partial charge in [0.05, 0.1) is 12.7 Å². The summed E-state index contributed by atoms with van der Waals surface area (Å²) in [6.07, 6.45) is 4.20. The van der Waals surface area contributed by atoms with E-state index in [9.17, 15) is 0 Å². The van der Waals surface area contributed by atoms with Crippen LogP contribution in [0.2, 0.25) is 0 Å². The first kappa shape index (κ1) is 25.4. The molecule has 0 spiro atoms. The summed E-state index contributed by atoms with van der Waals surface area (Å²) in [6, 6.07) is 3.07. The van der Waals surface area contributed by atoms with Gasteiger partial charge in [-0.2, -0.15) is 0 Å². The molecule has 6 heteroatoms. The highest BCUT2D eigenvalue weighted by atomic mass is 19.1. The maximum atomic E-state index is 15.1. The molecule has 3 rings (SSSR count). The van der Waals surface area contributed by atoms with Crippen LogP contribution in [0.1, 0.15) is 65.9 Å². The van der Waals surface area contributed by atoms with Gasteiger partial charge in [0.25, 0.3) is 0 Å². The van der Waals surface area contributed by atoms with Crippen molar-refractivity contribution in [2.45, 2.75) is 77.4 Å². The van der Waals surface area contributed by atoms with Gasteiger partial charge in [-0.15, -0.1) is 0 Å². The first-order chi connectivity index (χ1) is 15.0. The lowest BCUT2D eigenvalue weighted by atomic mass is 9.80. The van der Waals surface area contributed by atoms with E-state index in [1.807, 2.05) is 13.8 Å². The van der Waals surface area contributed by atoms with Crippen molar-refractivity contribution in [3.8, 4) is 0 Å². The molecule has 0 aromatic heterocycles. The van der Waals surface area contributed by atoms with Gasteiger partial charge in [-0.05, 0) is 77.6 Å². The standard InChI is InChI=1S/C26H43F2N3O/c1-25(2,3)31-14-15-32-21(19-31)18-29(6)13-10-26(4,5)24-22(27)16-20(17-23(24)28)30-11-8-7-9-12-30/h16-17,21H,7-15,18-19H2,1-6H3. The Morgan fingerprint density at radius 3 is 2.22 bits per heavy atom. The average Bonchev–Trinajstić information content (AvgIpc) is 2.72. The second-order valence-corrected chi connectivity index (χ2v) is 11.3. The predicted molar refractivity (Wildman–Crippen MR) is 129 cm³/mol. The van der Waals surface area contributed by atoms with E-state index in [0.717, 1.165) is 58.7 Å². The molecule has 1 atom stereocenters. The third-order valence-electron chi connectivity index (χ3n) is 7.15. The SMILES string of the molecule is CN(CCC(C)(C)c1c(F)cc(N2CCCCC2)cc1F)CC1CN(C(C)(C)C)CCO1. The monoisotopic (exact) mass is 451 g/mol. The van der Waals surface area contributed by atoms with Crippen molar-refractivity contribution in [1.29, 1.82) is 0 Å². The molecule has 1 unspecified atom stereocenters. The average molecular weight is 452 g/mol. The quantitative estimate of drug-likeness (QED) is 0.577. The molecule has 0 bridgehead atoms. The Balaban J connectivity index is 1.59. The molecule has 2 fully saturated rings. The molecule has 2 saturated heterocycles. The molecule has 0 N–H and O–H groups in total. The molecule has 32 heavy (non-hydrogen) atoms. The van der Waals surface area contributed by atoms with Crippen LogP contribution in [0.25, 0.3) is 0 Å². The summed E-state index contributed by atoms with van der Waals surface area (Å²) in [6.45, 7) is 16.6. The lowest BCUT2D eigenvalue weighted by Gasteiger charge is -2.42. The van der Waals surface area contributed by atoms with Crippen LogP contribution in [-0.2, 0) is 10.2 Å². The van der Waals surface area contributed by atoms with Crippen molar-refractivity contribution in [2.24, 2.45) is 0 Å². The minimum absolute atomic E-state index is 0.137. The van der Waals surface area contributed by atoms with Crippen molar-refractivity contribution in [3.63, 3.8) is 0 Å². The molecule has 2 aliphatic rings. The first-order valence-electron chi connectivity index (χ1n) is 12.3. The Hall–Kier alpha value is -1.24. The summed E-state index contributed by atoms with van der Waals surface area (Å²) in [5, 5.41) is 0. The largest absolute Gasteiger partial charge is 0.374 e. The highest BCUT2D eigenvalue weighted by Crippen LogP contribution is 2.35. The molecule has 0 saturated carbocycles. The lowest BCUT2D eigenvalue weighted by molar-refractivity contribution is -0.0672. The first-order valence-corrected chi connectivity index (χ1v) is 12.3. The third-order valence-corrected chi connectivity index (χ3v) is 7.15. The van der Waals surface area contributed by atoms with Crippen LogP contribution in [0.5, 0.6) is 0 Å². The van der Waals surface area contributed by atoms with Gasteiger partial charge in [-0.3, -0.25) is 4.90 Å². The molecule has 1 aromatic carbocycles. The highest BCUT2D eigenvalue weighted by molar-refractivity contribution is 5.50. The third kappa shape index (κ3) is 6.42. The molecule has 1 aromatic rings. The fraction of sp³-hybridized carbons (Fsp3) is 0.769. The Bertz CT molecular complexity index is 733. The van der Waals surface area contributed by atoms with Crippen LogP contribution >= 0.6 is 0 Å². The number of morpholine rings is 1. The molecule has 0 amide bonds. The van der Waals surface area contributed by atoms with Gasteiger partial charge in [0.1, 0.15) is 11.6 Å². The van der Waals surface area contributed by atoms with Crippen molar-refractivity contribution in [2.75, 3.05) is 57.8 Å². The second kappa shape index (κ2) is 10.4. The number of hydrogen-bond acceptors (Lipinski definition) is 4. The zero-order valence-corrected chi connectivity index (χ0v) is 21.0. The van der Waals surface area contributed by atoms with Crippen molar-refractivity contribution in [1.82, 2.24) is 9.80 Å². The number of piperidine rings is 1. The van der Waals surface area contributed by atoms with Gasteiger partial charge in [0, 0.05) is 49.5 Å². The molecule has 4 nitrogen and oxygen atoms in total. The zero-order chi connectivity index (χ0) is 23.5. The van der Waals surface area contributed by atoms with E-state index in [-0.39, 0.29) is 17.2 Å². The second-order valence-electron chi connectivity index (χ2n) is 11.3. The van der Waals surface area contributed by atoms with Crippen LogP contribution in [0.3, 0.4) is 0 Å². The summed E-state index contributed by atoms with van der Waals surface area (Å²) in [7, 11) is 2.07. The number of benzene rings is 1. The van der Waals surface area contributed by atoms with E-state index in [1.54, 1.807) is 0 Å². The number of halogens is 2. The summed E-state index contributed by atoms with van der Waals surface area (Å²) in [4.78, 5) is 6.80. The summed E-state index contributed by atoms with van der Waals surface area (Å²) >= 11 is 0. The molecule has 2 aliphatic heterocycles. The van der Waals surface area contributed by atoms with Crippen molar-refractivity contribution in [3.05, 3.63) is 29.3 Å². The van der Waals surface area contributed by atoms with Gasteiger partial charge in [0.15, 0.2) is 0 Å². The van der Waals surface area contributed by atoms with Gasteiger partial charge in [-0.25, -0.2) is 8.78 Å². The van der Waals surface area contributed by atoms with E-state index in [4.69, 9.17) is 4.74 Å². The number of nitrogens with zero attached hydrogens (tertiary/aromatic N) is 3. The number of anilines is 1. The van der Waals surface area contributed by atoms with Crippen LogP contribution in [-0.4, -0.2) is 74.4 Å². The fourth-order valence-corrected chi connectivity index (χ4v) is 5.01. The maximum Gasteiger partial charge on any atom is 0.131 e. The molecule has 0 aliphatic carbocycles. The minimum atomic E-state index is -0.590. The molecule has 2 heterocycles. The van der Waals surface area contributed by atoms with E-state index in [2.05, 4.69) is 42.5 Å². The highest BCUT2D eigenvalue weighted by Gasteiger charge is 2.31. The van der Waals surface area contributed by atoms with Crippen molar-refractivity contribution >= 4 is 5.69 Å². The van der Waals surface area contributed by atoms with Gasteiger partial charge < -0.3 is 14.5 Å². The number of likely N-dealkylation sites (N-methyl/N-ethyl adjacent to an activating group) is 1. The van der Waals surface area contributed by atoms with Crippen LogP contribution in [0.15, 0.2) is 12.1 Å². The van der Waals surface area contributed by atoms with E-state index in [1.165, 1.54) is 18.6 Å². The summed E-state index contributed by atoms with van der Waals surface area (Å²) < 4.78 is 36.2. The molecule has 0 radical (unpaired) electrons. The van der Waals surface area contributed by atoms with E-state index >= 15 is 8.78 Å². The smallest absolute Gasteiger partial charge is 0.131 e. The van der Waals surface area contributed by atoms with Gasteiger partial charge in [-0.1, -0.05) is 13.8 Å². The van der Waals surface area contributed by atoms with Gasteiger partial charge >= 0.3 is 0 Å². The molecular weight excluding hydrogens is 408 g/mol. The predicted octanol–water partition coefficient (Wildman–Crippen LogP) is 5.05. The maximum absolute atomic E-state index is 15.1. The van der Waals surface area contributed by atoms with Crippen LogP contribution in [0.4, 0.5) is 14.5 Å². The van der Waals surface area contributed by atoms with E-state index in [0.29, 0.717) is 12.1 Å². The Morgan fingerprint density at radius 2 is 1.62 bits per heavy atom. The number of hydrogen-bond donors (Lipinski definition) is 0. The zero-order valence-electron chi connectivity index (χ0n) is 21.0. The number of rotatable bonds is 7. The fourth-order valence-electron chi connectivity index (χ4n) is 5.01. The van der Waals surface area contributed by atoms with Gasteiger partial charge in [0.2, 0.25) is 0 Å². The molecule has 182 valence electrons. The van der Waals surface area contributed by atoms with Crippen LogP contribution in [0, 0.1) is 11.6 Å². The van der Waals surface area contributed by atoms with E-state index < -0.39 is 17.0 Å². The summed E-state index contributed by atoms with van der Waals surface area (Å²) in [5.74, 6) is -0.843. The summed E-state index contributed by atoms with van der Waals surface area (Å²) in [5.41, 5.74) is 0.430. The Kier molecular flexibility index (Phi) is 8.21. The lowest BCUT2D eigenvalue weighted by Crippen LogP contribution is -2.53. The van der Waals surface area contributed by atoms with Crippen LogP contribution < -0.4 is 4.90 Å². The number of ether oxygens (including phenoxy) is 1. The Labute approximate surface area is 193 Å². The molecular formula is C26H43F2N3O. The minimum Gasteiger partial charge on any atom is -0.374 e. The van der Waals surface area contributed by atoms with Crippen molar-refractivity contribution < 1.29 is 13.5 Å². The normalized spacial score (nSPS) is 21.4. The topological polar surface area (TPSA) is 19.0 Å². The Morgan fingerprint density at radius 1 is 1.00 bits per heavy atom.